The van der Waals surface area contributed by atoms with Gasteiger partial charge in [-0.05, 0) is 25.3 Å². The SMILES string of the molecule is CC1CCNC1C(=O)NCCCn1ccnn1. The molecule has 1 aliphatic heterocycles. The van der Waals surface area contributed by atoms with E-state index in [0.717, 1.165) is 25.9 Å². The van der Waals surface area contributed by atoms with Crippen molar-refractivity contribution in [3.05, 3.63) is 12.4 Å². The summed E-state index contributed by atoms with van der Waals surface area (Å²) in [5.74, 6) is 0.555. The molecule has 1 aromatic heterocycles. The lowest BCUT2D eigenvalue weighted by molar-refractivity contribution is -0.123. The molecule has 1 fully saturated rings. The summed E-state index contributed by atoms with van der Waals surface area (Å²) in [6, 6.07) is -0.0126. The predicted octanol–water partition coefficient (Wildman–Crippen LogP) is -0.218. The quantitative estimate of drug-likeness (QED) is 0.695. The normalized spacial score (nSPS) is 23.8. The number of rotatable bonds is 5. The molecule has 0 spiro atoms. The Morgan fingerprint density at radius 2 is 2.53 bits per heavy atom. The summed E-state index contributed by atoms with van der Waals surface area (Å²) in [6.07, 6.45) is 5.43. The number of hydrogen-bond acceptors (Lipinski definition) is 4. The highest BCUT2D eigenvalue weighted by Crippen LogP contribution is 2.13. The van der Waals surface area contributed by atoms with Crippen LogP contribution < -0.4 is 10.6 Å². The summed E-state index contributed by atoms with van der Waals surface area (Å²) < 4.78 is 1.77. The summed E-state index contributed by atoms with van der Waals surface area (Å²) in [7, 11) is 0. The Hall–Kier alpha value is -1.43. The molecular weight excluding hydrogens is 218 g/mol. The van der Waals surface area contributed by atoms with Gasteiger partial charge >= 0.3 is 0 Å². The van der Waals surface area contributed by atoms with Gasteiger partial charge in [-0.3, -0.25) is 9.48 Å². The number of nitrogens with one attached hydrogen (secondary N) is 2. The zero-order chi connectivity index (χ0) is 12.1. The van der Waals surface area contributed by atoms with E-state index in [2.05, 4.69) is 27.9 Å². The van der Waals surface area contributed by atoms with E-state index in [0.29, 0.717) is 12.5 Å². The van der Waals surface area contributed by atoms with Gasteiger partial charge in [0, 0.05) is 19.3 Å². The molecule has 2 atom stereocenters. The van der Waals surface area contributed by atoms with Crippen molar-refractivity contribution >= 4 is 5.91 Å². The second-order valence-corrected chi connectivity index (χ2v) is 4.51. The van der Waals surface area contributed by atoms with E-state index in [1.165, 1.54) is 0 Å². The molecule has 6 heteroatoms. The number of amides is 1. The fraction of sp³-hybridized carbons (Fsp3) is 0.727. The maximum atomic E-state index is 11.8. The van der Waals surface area contributed by atoms with Crippen LogP contribution in [0.1, 0.15) is 19.8 Å². The van der Waals surface area contributed by atoms with Gasteiger partial charge in [0.25, 0.3) is 0 Å². The summed E-state index contributed by atoms with van der Waals surface area (Å²) >= 11 is 0. The van der Waals surface area contributed by atoms with Gasteiger partial charge in [-0.15, -0.1) is 5.10 Å². The molecule has 1 amide bonds. The highest BCUT2D eigenvalue weighted by molar-refractivity contribution is 5.82. The van der Waals surface area contributed by atoms with Crippen molar-refractivity contribution in [2.75, 3.05) is 13.1 Å². The second-order valence-electron chi connectivity index (χ2n) is 4.51. The molecule has 6 nitrogen and oxygen atoms in total. The molecule has 2 heterocycles. The fourth-order valence-corrected chi connectivity index (χ4v) is 2.10. The second kappa shape index (κ2) is 5.77. The van der Waals surface area contributed by atoms with Crippen molar-refractivity contribution in [1.29, 1.82) is 0 Å². The van der Waals surface area contributed by atoms with E-state index in [4.69, 9.17) is 0 Å². The zero-order valence-electron chi connectivity index (χ0n) is 10.1. The number of aromatic nitrogens is 3. The fourth-order valence-electron chi connectivity index (χ4n) is 2.10. The first-order valence-corrected chi connectivity index (χ1v) is 6.12. The van der Waals surface area contributed by atoms with Crippen LogP contribution in [0.15, 0.2) is 12.4 Å². The van der Waals surface area contributed by atoms with Gasteiger partial charge in [0.05, 0.1) is 12.2 Å². The van der Waals surface area contributed by atoms with Gasteiger partial charge in [0.1, 0.15) is 0 Å². The summed E-state index contributed by atoms with van der Waals surface area (Å²) in [4.78, 5) is 11.8. The van der Waals surface area contributed by atoms with Crippen molar-refractivity contribution in [2.24, 2.45) is 5.92 Å². The van der Waals surface area contributed by atoms with Gasteiger partial charge in [0.2, 0.25) is 5.91 Å². The molecule has 0 aromatic carbocycles. The Balaban J connectivity index is 1.63. The first-order chi connectivity index (χ1) is 8.27. The highest BCUT2D eigenvalue weighted by atomic mass is 16.2. The van der Waals surface area contributed by atoms with E-state index in [1.54, 1.807) is 10.9 Å². The van der Waals surface area contributed by atoms with E-state index in [1.807, 2.05) is 6.20 Å². The standard InChI is InChI=1S/C11H19N5O/c1-9-3-5-12-10(9)11(17)13-4-2-7-16-8-6-14-15-16/h6,8-10,12H,2-5,7H2,1H3,(H,13,17). The first-order valence-electron chi connectivity index (χ1n) is 6.12. The number of carbonyl (C=O) groups is 1. The van der Waals surface area contributed by atoms with Crippen LogP contribution in [0.5, 0.6) is 0 Å². The van der Waals surface area contributed by atoms with Crippen LogP contribution in [-0.4, -0.2) is 40.0 Å². The topological polar surface area (TPSA) is 71.8 Å². The average molecular weight is 237 g/mol. The third-order valence-corrected chi connectivity index (χ3v) is 3.15. The molecule has 1 aromatic rings. The lowest BCUT2D eigenvalue weighted by Crippen LogP contribution is -2.43. The van der Waals surface area contributed by atoms with Crippen molar-refractivity contribution in [1.82, 2.24) is 25.6 Å². The highest BCUT2D eigenvalue weighted by Gasteiger charge is 2.28. The minimum Gasteiger partial charge on any atom is -0.355 e. The molecular formula is C11H19N5O. The Morgan fingerprint density at radius 1 is 1.65 bits per heavy atom. The molecule has 94 valence electrons. The van der Waals surface area contributed by atoms with Crippen molar-refractivity contribution in [3.63, 3.8) is 0 Å². The smallest absolute Gasteiger partial charge is 0.237 e. The molecule has 1 saturated heterocycles. The van der Waals surface area contributed by atoms with E-state index in [-0.39, 0.29) is 11.9 Å². The van der Waals surface area contributed by atoms with Crippen LogP contribution in [0.4, 0.5) is 0 Å². The molecule has 0 saturated carbocycles. The number of nitrogens with zero attached hydrogens (tertiary/aromatic N) is 3. The van der Waals surface area contributed by atoms with E-state index in [9.17, 15) is 4.79 Å². The number of aryl methyl sites for hydroxylation is 1. The van der Waals surface area contributed by atoms with Crippen LogP contribution in [-0.2, 0) is 11.3 Å². The largest absolute Gasteiger partial charge is 0.355 e. The van der Waals surface area contributed by atoms with Crippen LogP contribution in [0, 0.1) is 5.92 Å². The molecule has 0 radical (unpaired) electrons. The van der Waals surface area contributed by atoms with Crippen molar-refractivity contribution in [3.8, 4) is 0 Å². The van der Waals surface area contributed by atoms with Gasteiger partial charge in [-0.1, -0.05) is 12.1 Å². The minimum atomic E-state index is -0.0126. The molecule has 17 heavy (non-hydrogen) atoms. The Bertz CT molecular complexity index is 351. The van der Waals surface area contributed by atoms with Crippen molar-refractivity contribution in [2.45, 2.75) is 32.4 Å². The van der Waals surface area contributed by atoms with Crippen LogP contribution in [0.25, 0.3) is 0 Å². The molecule has 2 unspecified atom stereocenters. The Kier molecular flexibility index (Phi) is 4.08. The number of hydrogen-bond donors (Lipinski definition) is 2. The summed E-state index contributed by atoms with van der Waals surface area (Å²) in [5.41, 5.74) is 0. The third kappa shape index (κ3) is 3.26. The van der Waals surface area contributed by atoms with E-state index >= 15 is 0 Å². The van der Waals surface area contributed by atoms with Gasteiger partial charge in [-0.2, -0.15) is 0 Å². The monoisotopic (exact) mass is 237 g/mol. The van der Waals surface area contributed by atoms with Gasteiger partial charge in [0.15, 0.2) is 0 Å². The molecule has 2 N–H and O–H groups in total. The molecule has 2 rings (SSSR count). The Labute approximate surface area is 101 Å². The van der Waals surface area contributed by atoms with Gasteiger partial charge < -0.3 is 10.6 Å². The maximum absolute atomic E-state index is 11.8. The predicted molar refractivity (Wildman–Crippen MR) is 63.2 cm³/mol. The number of carbonyl (C=O) groups excluding carboxylic acids is 1. The minimum absolute atomic E-state index is 0.0126. The summed E-state index contributed by atoms with van der Waals surface area (Å²) in [6.45, 7) is 4.52. The third-order valence-electron chi connectivity index (χ3n) is 3.15. The lowest BCUT2D eigenvalue weighted by Gasteiger charge is -2.15. The van der Waals surface area contributed by atoms with E-state index < -0.39 is 0 Å². The lowest BCUT2D eigenvalue weighted by atomic mass is 10.0. The van der Waals surface area contributed by atoms with Gasteiger partial charge in [-0.25, -0.2) is 0 Å². The molecule has 1 aliphatic rings. The average Bonchev–Trinajstić information content (AvgIpc) is 2.95. The van der Waals surface area contributed by atoms with Crippen LogP contribution in [0.3, 0.4) is 0 Å². The van der Waals surface area contributed by atoms with Crippen molar-refractivity contribution < 1.29 is 4.79 Å². The first kappa shape index (κ1) is 12.0. The maximum Gasteiger partial charge on any atom is 0.237 e. The van der Waals surface area contributed by atoms with Crippen LogP contribution >= 0.6 is 0 Å². The Morgan fingerprint density at radius 3 is 3.18 bits per heavy atom. The van der Waals surface area contributed by atoms with Crippen LogP contribution in [0.2, 0.25) is 0 Å². The summed E-state index contributed by atoms with van der Waals surface area (Å²) in [5, 5.41) is 13.8. The molecule has 0 bridgehead atoms. The molecule has 0 aliphatic carbocycles. The zero-order valence-corrected chi connectivity index (χ0v) is 10.1.